The summed E-state index contributed by atoms with van der Waals surface area (Å²) in [5.74, 6) is -0.0644. The molecular weight excluding hydrogens is 648 g/mol. The lowest BCUT2D eigenvalue weighted by Gasteiger charge is -2.27. The number of methoxy groups -OCH3 is 1. The third-order valence-corrected chi connectivity index (χ3v) is 8.02. The Balaban J connectivity index is 2.08. The summed E-state index contributed by atoms with van der Waals surface area (Å²) in [6, 6.07) is 7.74. The van der Waals surface area contributed by atoms with E-state index in [1.807, 2.05) is 19.1 Å². The summed E-state index contributed by atoms with van der Waals surface area (Å²) in [4.78, 5) is 32.4. The second-order valence-electron chi connectivity index (χ2n) is 8.13. The van der Waals surface area contributed by atoms with Gasteiger partial charge in [0.15, 0.2) is 4.80 Å². The van der Waals surface area contributed by atoms with Crippen LogP contribution in [0.5, 0.6) is 11.5 Å². The molecule has 0 spiro atoms. The van der Waals surface area contributed by atoms with Crippen molar-refractivity contribution in [1.29, 1.82) is 0 Å². The van der Waals surface area contributed by atoms with Crippen LogP contribution in [0.15, 0.2) is 60.3 Å². The molecule has 1 aliphatic heterocycles. The van der Waals surface area contributed by atoms with Crippen LogP contribution < -0.4 is 19.6 Å². The van der Waals surface area contributed by atoms with Gasteiger partial charge in [0.25, 0.3) is 5.56 Å². The van der Waals surface area contributed by atoms with Gasteiger partial charge in [0.05, 0.1) is 34.0 Å². The van der Waals surface area contributed by atoms with Gasteiger partial charge in [-0.3, -0.25) is 9.36 Å². The number of hydrogen-bond donors (Lipinski definition) is 1. The molecule has 3 aromatic rings. The molecule has 0 unspecified atom stereocenters. The van der Waals surface area contributed by atoms with Crippen LogP contribution in [-0.4, -0.2) is 29.4 Å². The van der Waals surface area contributed by atoms with Crippen LogP contribution >= 0.6 is 54.8 Å². The molecule has 1 N–H and O–H groups in total. The highest BCUT2D eigenvalue weighted by molar-refractivity contribution is 9.10. The number of rotatable bonds is 7. The summed E-state index contributed by atoms with van der Waals surface area (Å²) in [5.41, 5.74) is 1.48. The second kappa shape index (κ2) is 11.6. The normalized spacial score (nSPS) is 15.4. The van der Waals surface area contributed by atoms with Crippen molar-refractivity contribution in [2.24, 2.45) is 4.99 Å². The van der Waals surface area contributed by atoms with Gasteiger partial charge < -0.3 is 14.6 Å². The molecule has 1 aliphatic rings. The maximum atomic E-state index is 13.9. The van der Waals surface area contributed by atoms with Crippen molar-refractivity contribution in [3.05, 3.63) is 86.4 Å². The Kier molecular flexibility index (Phi) is 8.63. The molecule has 37 heavy (non-hydrogen) atoms. The lowest BCUT2D eigenvalue weighted by Crippen LogP contribution is -2.40. The van der Waals surface area contributed by atoms with E-state index in [-0.39, 0.29) is 17.9 Å². The number of nitrogens with zero attached hydrogens (tertiary/aromatic N) is 2. The van der Waals surface area contributed by atoms with E-state index >= 15 is 0 Å². The van der Waals surface area contributed by atoms with Crippen molar-refractivity contribution >= 4 is 66.8 Å². The largest absolute Gasteiger partial charge is 0.506 e. The van der Waals surface area contributed by atoms with Crippen molar-refractivity contribution in [2.45, 2.75) is 32.7 Å². The smallest absolute Gasteiger partial charge is 0.338 e. The van der Waals surface area contributed by atoms with Crippen LogP contribution in [-0.2, 0) is 9.53 Å². The average molecular weight is 671 g/mol. The highest BCUT2D eigenvalue weighted by Gasteiger charge is 2.36. The molecule has 0 amide bonds. The predicted octanol–water partition coefficient (Wildman–Crippen LogP) is 5.47. The van der Waals surface area contributed by atoms with Gasteiger partial charge in [0.2, 0.25) is 0 Å². The zero-order valence-corrected chi connectivity index (χ0v) is 24.9. The van der Waals surface area contributed by atoms with Crippen molar-refractivity contribution in [3.63, 3.8) is 0 Å². The van der Waals surface area contributed by atoms with Gasteiger partial charge in [-0.05, 0) is 65.7 Å². The standard InChI is InChI=1S/C26H23Br2ClN2O5S/c1-4-6-18-21(25(34)36-5-2)22(16-11-14(27)7-8-19(16)35-3)31-24(33)20(37-26(31)30-18)10-13-9-15(29)12-17(28)23(13)32/h7-12,22,32H,4-6H2,1-3H3/b20-10+/t22-/m0/s1. The number of fused-ring (bicyclic) bond motifs is 1. The maximum Gasteiger partial charge on any atom is 0.338 e. The van der Waals surface area contributed by atoms with Gasteiger partial charge in [0, 0.05) is 20.6 Å². The third kappa shape index (κ3) is 5.43. The summed E-state index contributed by atoms with van der Waals surface area (Å²) < 4.78 is 14.0. The number of thiazole rings is 1. The molecule has 194 valence electrons. The molecule has 0 saturated heterocycles. The van der Waals surface area contributed by atoms with Gasteiger partial charge in [-0.1, -0.05) is 52.2 Å². The number of halogens is 3. The average Bonchev–Trinajstić information content (AvgIpc) is 3.16. The van der Waals surface area contributed by atoms with E-state index in [1.54, 1.807) is 31.2 Å². The molecule has 1 aromatic heterocycles. The summed E-state index contributed by atoms with van der Waals surface area (Å²) in [5, 5.41) is 10.9. The second-order valence-corrected chi connectivity index (χ2v) is 11.3. The number of aromatic hydroxyl groups is 1. The number of phenols is 1. The van der Waals surface area contributed by atoms with Crippen LogP contribution in [0.4, 0.5) is 0 Å². The molecule has 4 rings (SSSR count). The molecule has 7 nitrogen and oxygen atoms in total. The molecule has 0 saturated carbocycles. The van der Waals surface area contributed by atoms with Crippen LogP contribution in [0.3, 0.4) is 0 Å². The fourth-order valence-electron chi connectivity index (χ4n) is 4.17. The zero-order chi connectivity index (χ0) is 26.9. The van der Waals surface area contributed by atoms with E-state index in [4.69, 9.17) is 26.1 Å². The highest BCUT2D eigenvalue weighted by Crippen LogP contribution is 2.38. The molecule has 0 radical (unpaired) electrons. The van der Waals surface area contributed by atoms with E-state index in [0.29, 0.717) is 53.4 Å². The Morgan fingerprint density at radius 1 is 1.27 bits per heavy atom. The Hall–Kier alpha value is -2.40. The molecule has 0 aliphatic carbocycles. The number of aromatic nitrogens is 1. The Morgan fingerprint density at radius 3 is 2.70 bits per heavy atom. The van der Waals surface area contributed by atoms with Crippen LogP contribution in [0.1, 0.15) is 43.9 Å². The van der Waals surface area contributed by atoms with Crippen molar-refractivity contribution < 1.29 is 19.4 Å². The van der Waals surface area contributed by atoms with Crippen molar-refractivity contribution in [2.75, 3.05) is 13.7 Å². The first-order chi connectivity index (χ1) is 17.7. The van der Waals surface area contributed by atoms with Crippen LogP contribution in [0.2, 0.25) is 5.02 Å². The van der Waals surface area contributed by atoms with Crippen LogP contribution in [0.25, 0.3) is 6.08 Å². The number of allylic oxidation sites excluding steroid dienone is 1. The fourth-order valence-corrected chi connectivity index (χ4v) is 6.39. The fraction of sp³-hybridized carbons (Fsp3) is 0.269. The SMILES string of the molecule is CCCC1=C(C(=O)OCC)[C@H](c2cc(Br)ccc2OC)n2c(s/c(=C/c3cc(Cl)cc(Br)c3O)c2=O)=N1. The van der Waals surface area contributed by atoms with Crippen LogP contribution in [0, 0.1) is 0 Å². The molecule has 11 heteroatoms. The van der Waals surface area contributed by atoms with E-state index in [1.165, 1.54) is 23.0 Å². The summed E-state index contributed by atoms with van der Waals surface area (Å²) >= 11 is 14.1. The van der Waals surface area contributed by atoms with Gasteiger partial charge in [-0.25, -0.2) is 9.79 Å². The first-order valence-corrected chi connectivity index (χ1v) is 14.2. The van der Waals surface area contributed by atoms with Gasteiger partial charge in [-0.15, -0.1) is 0 Å². The van der Waals surface area contributed by atoms with Crippen molar-refractivity contribution in [3.8, 4) is 11.5 Å². The minimum atomic E-state index is -0.828. The number of esters is 1. The van der Waals surface area contributed by atoms with E-state index in [2.05, 4.69) is 31.9 Å². The molecule has 2 heterocycles. The Morgan fingerprint density at radius 2 is 2.03 bits per heavy atom. The Labute approximate surface area is 239 Å². The predicted molar refractivity (Wildman–Crippen MR) is 151 cm³/mol. The van der Waals surface area contributed by atoms with E-state index < -0.39 is 12.0 Å². The summed E-state index contributed by atoms with van der Waals surface area (Å²) in [6.45, 7) is 3.91. The highest BCUT2D eigenvalue weighted by atomic mass is 79.9. The quantitative estimate of drug-likeness (QED) is 0.337. The number of phenolic OH excluding ortho intramolecular Hbond substituents is 1. The van der Waals surface area contributed by atoms with E-state index in [9.17, 15) is 14.7 Å². The molecule has 2 aromatic carbocycles. The van der Waals surface area contributed by atoms with Gasteiger partial charge >= 0.3 is 5.97 Å². The number of hydrogen-bond acceptors (Lipinski definition) is 7. The zero-order valence-electron chi connectivity index (χ0n) is 20.2. The third-order valence-electron chi connectivity index (χ3n) is 5.72. The minimum absolute atomic E-state index is 0.0423. The number of carbonyl (C=O) groups excluding carboxylic acids is 1. The maximum absolute atomic E-state index is 13.9. The lowest BCUT2D eigenvalue weighted by atomic mass is 9.93. The monoisotopic (exact) mass is 668 g/mol. The molecule has 0 fully saturated rings. The number of carbonyl (C=O) groups is 1. The summed E-state index contributed by atoms with van der Waals surface area (Å²) in [6.07, 6.45) is 2.83. The van der Waals surface area contributed by atoms with Gasteiger partial charge in [-0.2, -0.15) is 0 Å². The first kappa shape index (κ1) is 27.6. The lowest BCUT2D eigenvalue weighted by molar-refractivity contribution is -0.139. The van der Waals surface area contributed by atoms with Gasteiger partial charge in [0.1, 0.15) is 17.5 Å². The number of benzene rings is 2. The first-order valence-electron chi connectivity index (χ1n) is 11.4. The molecule has 1 atom stereocenters. The topological polar surface area (TPSA) is 90.1 Å². The molecular formula is C26H23Br2ClN2O5S. The minimum Gasteiger partial charge on any atom is -0.506 e. The van der Waals surface area contributed by atoms with Crippen molar-refractivity contribution in [1.82, 2.24) is 4.57 Å². The number of ether oxygens (including phenoxy) is 2. The Bertz CT molecular complexity index is 1600. The van der Waals surface area contributed by atoms with E-state index in [0.717, 1.165) is 10.9 Å². The summed E-state index contributed by atoms with van der Waals surface area (Å²) in [7, 11) is 1.54. The molecule has 0 bridgehead atoms.